The van der Waals surface area contributed by atoms with E-state index in [0.29, 0.717) is 10.6 Å². The van der Waals surface area contributed by atoms with E-state index < -0.39 is 0 Å². The lowest BCUT2D eigenvalue weighted by Gasteiger charge is -2.16. The molecule has 1 aliphatic rings. The molecule has 6 heteroatoms. The Morgan fingerprint density at radius 3 is 2.92 bits per heavy atom. The van der Waals surface area contributed by atoms with Crippen molar-refractivity contribution in [2.75, 3.05) is 12.3 Å². The molecule has 2 aromatic rings. The average Bonchev–Trinajstić information content (AvgIpc) is 3.13. The van der Waals surface area contributed by atoms with E-state index in [9.17, 15) is 4.79 Å². The molecule has 0 spiro atoms. The van der Waals surface area contributed by atoms with Gasteiger partial charge in [0.25, 0.3) is 5.91 Å². The fourth-order valence-electron chi connectivity index (χ4n) is 2.54. The van der Waals surface area contributed by atoms with Gasteiger partial charge < -0.3 is 5.32 Å². The van der Waals surface area contributed by atoms with Crippen LogP contribution in [0.5, 0.6) is 0 Å². The smallest absolute Gasteiger partial charge is 0.252 e. The Balaban J connectivity index is 1.69. The van der Waals surface area contributed by atoms with Crippen molar-refractivity contribution in [2.45, 2.75) is 18.7 Å². The molecule has 3 rings (SSSR count). The first kappa shape index (κ1) is 18.4. The summed E-state index contributed by atoms with van der Waals surface area (Å²) in [6.07, 6.45) is 0. The van der Waals surface area contributed by atoms with Gasteiger partial charge in [-0.15, -0.1) is 0 Å². The van der Waals surface area contributed by atoms with Crippen molar-refractivity contribution in [3.8, 4) is 0 Å². The van der Waals surface area contributed by atoms with Crippen LogP contribution in [0.3, 0.4) is 0 Å². The SMILES string of the molecule is CC(NC(=O)c1ccccc1CSC1=NCCS1)c1cccc(Cl)c1. The van der Waals surface area contributed by atoms with E-state index >= 15 is 0 Å². The number of nitrogens with zero attached hydrogens (tertiary/aromatic N) is 1. The highest BCUT2D eigenvalue weighted by atomic mass is 35.5. The summed E-state index contributed by atoms with van der Waals surface area (Å²) in [7, 11) is 0. The molecule has 2 aromatic carbocycles. The van der Waals surface area contributed by atoms with E-state index in [2.05, 4.69) is 10.3 Å². The third-order valence-electron chi connectivity index (χ3n) is 3.87. The van der Waals surface area contributed by atoms with Crippen molar-refractivity contribution in [2.24, 2.45) is 4.99 Å². The van der Waals surface area contributed by atoms with Crippen LogP contribution in [0, 0.1) is 0 Å². The zero-order chi connectivity index (χ0) is 17.6. The Morgan fingerprint density at radius 1 is 1.32 bits per heavy atom. The summed E-state index contributed by atoms with van der Waals surface area (Å²) in [5, 5.41) is 3.74. The number of hydrogen-bond donors (Lipinski definition) is 1. The van der Waals surface area contributed by atoms with Crippen LogP contribution in [0.2, 0.25) is 5.02 Å². The summed E-state index contributed by atoms with van der Waals surface area (Å²) >= 11 is 9.53. The summed E-state index contributed by atoms with van der Waals surface area (Å²) in [6, 6.07) is 15.2. The lowest BCUT2D eigenvalue weighted by Crippen LogP contribution is -2.27. The molecule has 0 saturated carbocycles. The molecule has 0 fully saturated rings. The van der Waals surface area contributed by atoms with Crippen molar-refractivity contribution < 1.29 is 4.79 Å². The predicted octanol–water partition coefficient (Wildman–Crippen LogP) is 5.17. The Bertz CT molecular complexity index is 794. The number of benzene rings is 2. The molecule has 1 heterocycles. The monoisotopic (exact) mass is 390 g/mol. The van der Waals surface area contributed by atoms with E-state index in [0.717, 1.165) is 33.6 Å². The predicted molar refractivity (Wildman–Crippen MR) is 110 cm³/mol. The summed E-state index contributed by atoms with van der Waals surface area (Å²) in [5.41, 5.74) is 2.73. The van der Waals surface area contributed by atoms with Crippen molar-refractivity contribution in [1.82, 2.24) is 5.32 Å². The maximum atomic E-state index is 12.7. The number of rotatable bonds is 5. The molecule has 1 atom stereocenters. The van der Waals surface area contributed by atoms with Crippen LogP contribution in [0.15, 0.2) is 53.5 Å². The molecule has 1 N–H and O–H groups in total. The van der Waals surface area contributed by atoms with Crippen molar-refractivity contribution in [1.29, 1.82) is 0 Å². The molecule has 3 nitrogen and oxygen atoms in total. The van der Waals surface area contributed by atoms with Crippen LogP contribution in [-0.4, -0.2) is 22.6 Å². The zero-order valence-corrected chi connectivity index (χ0v) is 16.3. The maximum Gasteiger partial charge on any atom is 0.252 e. The fourth-order valence-corrected chi connectivity index (χ4v) is 4.76. The minimum absolute atomic E-state index is 0.0651. The highest BCUT2D eigenvalue weighted by molar-refractivity contribution is 8.38. The molecule has 0 radical (unpaired) electrons. The van der Waals surface area contributed by atoms with Gasteiger partial charge >= 0.3 is 0 Å². The third kappa shape index (κ3) is 5.03. The normalized spacial score (nSPS) is 14.9. The highest BCUT2D eigenvalue weighted by Gasteiger charge is 2.16. The molecule has 0 aromatic heterocycles. The lowest BCUT2D eigenvalue weighted by molar-refractivity contribution is 0.0939. The van der Waals surface area contributed by atoms with E-state index in [-0.39, 0.29) is 11.9 Å². The number of carbonyl (C=O) groups is 1. The first-order chi connectivity index (χ1) is 12.1. The van der Waals surface area contributed by atoms with Crippen molar-refractivity contribution in [3.05, 3.63) is 70.2 Å². The number of halogens is 1. The summed E-state index contributed by atoms with van der Waals surface area (Å²) in [5.74, 6) is 1.74. The maximum absolute atomic E-state index is 12.7. The van der Waals surface area contributed by atoms with Crippen LogP contribution in [0.25, 0.3) is 0 Å². The van der Waals surface area contributed by atoms with Crippen LogP contribution in [0.4, 0.5) is 0 Å². The van der Waals surface area contributed by atoms with E-state index in [4.69, 9.17) is 11.6 Å². The van der Waals surface area contributed by atoms with Crippen molar-refractivity contribution in [3.63, 3.8) is 0 Å². The molecule has 1 unspecified atom stereocenters. The topological polar surface area (TPSA) is 41.5 Å². The number of amides is 1. The first-order valence-corrected chi connectivity index (χ1v) is 10.4. The molecule has 0 saturated heterocycles. The largest absolute Gasteiger partial charge is 0.346 e. The number of aliphatic imine (C=N–C) groups is 1. The van der Waals surface area contributed by atoms with E-state index in [1.54, 1.807) is 23.5 Å². The number of nitrogens with one attached hydrogen (secondary N) is 1. The van der Waals surface area contributed by atoms with Gasteiger partial charge in [0.15, 0.2) is 0 Å². The Kier molecular flexibility index (Phi) is 6.45. The number of carbonyl (C=O) groups excluding carboxylic acids is 1. The third-order valence-corrected chi connectivity index (χ3v) is 6.40. The Labute approximate surface area is 161 Å². The van der Waals surface area contributed by atoms with Crippen molar-refractivity contribution >= 4 is 45.4 Å². The standard InChI is InChI=1S/C19H19ClN2OS2/c1-13(14-6-4-7-16(20)11-14)22-18(23)17-8-3-2-5-15(17)12-25-19-21-9-10-24-19/h2-8,11,13H,9-10,12H2,1H3,(H,22,23). The fraction of sp³-hybridized carbons (Fsp3) is 0.263. The quantitative estimate of drug-likeness (QED) is 0.765. The molecule has 25 heavy (non-hydrogen) atoms. The highest BCUT2D eigenvalue weighted by Crippen LogP contribution is 2.27. The van der Waals surface area contributed by atoms with E-state index in [1.807, 2.05) is 55.5 Å². The zero-order valence-electron chi connectivity index (χ0n) is 13.9. The summed E-state index contributed by atoms with van der Waals surface area (Å²) in [4.78, 5) is 17.2. The second-order valence-electron chi connectivity index (χ2n) is 5.69. The average molecular weight is 391 g/mol. The molecular formula is C19H19ClN2OS2. The van der Waals surface area contributed by atoms with Gasteiger partial charge in [-0.25, -0.2) is 0 Å². The second-order valence-corrected chi connectivity index (χ2v) is 8.43. The van der Waals surface area contributed by atoms with Gasteiger partial charge in [-0.3, -0.25) is 9.79 Å². The van der Waals surface area contributed by atoms with Gasteiger partial charge in [0.05, 0.1) is 12.6 Å². The summed E-state index contributed by atoms with van der Waals surface area (Å²) in [6.45, 7) is 2.86. The molecule has 0 bridgehead atoms. The van der Waals surface area contributed by atoms with E-state index in [1.165, 1.54) is 0 Å². The minimum Gasteiger partial charge on any atom is -0.346 e. The van der Waals surface area contributed by atoms with Gasteiger partial charge in [-0.2, -0.15) is 0 Å². The van der Waals surface area contributed by atoms with Crippen LogP contribution in [-0.2, 0) is 5.75 Å². The van der Waals surface area contributed by atoms with Gasteiger partial charge in [0, 0.05) is 22.1 Å². The van der Waals surface area contributed by atoms with Crippen LogP contribution < -0.4 is 5.32 Å². The molecule has 130 valence electrons. The molecule has 1 aliphatic heterocycles. The molecular weight excluding hydrogens is 372 g/mol. The molecule has 0 aliphatic carbocycles. The first-order valence-electron chi connectivity index (χ1n) is 8.08. The molecule has 1 amide bonds. The summed E-state index contributed by atoms with van der Waals surface area (Å²) < 4.78 is 1.11. The van der Waals surface area contributed by atoms with Gasteiger partial charge in [-0.1, -0.05) is 65.5 Å². The van der Waals surface area contributed by atoms with Crippen LogP contribution >= 0.6 is 35.1 Å². The lowest BCUT2D eigenvalue weighted by atomic mass is 10.1. The minimum atomic E-state index is -0.110. The number of thioether (sulfide) groups is 2. The van der Waals surface area contributed by atoms with Crippen LogP contribution in [0.1, 0.15) is 34.5 Å². The Morgan fingerprint density at radius 2 is 2.16 bits per heavy atom. The van der Waals surface area contributed by atoms with Gasteiger partial charge in [0.1, 0.15) is 4.38 Å². The number of hydrogen-bond acceptors (Lipinski definition) is 4. The van der Waals surface area contributed by atoms with Gasteiger partial charge in [-0.05, 0) is 36.2 Å². The Hall–Kier alpha value is -1.43. The second kappa shape index (κ2) is 8.79. The van der Waals surface area contributed by atoms with Gasteiger partial charge in [0.2, 0.25) is 0 Å².